The summed E-state index contributed by atoms with van der Waals surface area (Å²) in [7, 11) is 0. The van der Waals surface area contributed by atoms with Crippen LogP contribution in [0.5, 0.6) is 0 Å². The van der Waals surface area contributed by atoms with Crippen LogP contribution in [0.15, 0.2) is 42.2 Å². The van der Waals surface area contributed by atoms with E-state index in [4.69, 9.17) is 11.6 Å². The van der Waals surface area contributed by atoms with Crippen molar-refractivity contribution in [2.45, 2.75) is 6.92 Å². The average Bonchev–Trinajstić information content (AvgIpc) is 2.89. The maximum atomic E-state index is 12.1. The van der Waals surface area contributed by atoms with E-state index in [0.717, 1.165) is 5.69 Å². The lowest BCUT2D eigenvalue weighted by Gasteiger charge is -2.17. The van der Waals surface area contributed by atoms with E-state index in [1.807, 2.05) is 25.3 Å². The van der Waals surface area contributed by atoms with E-state index >= 15 is 0 Å². The van der Waals surface area contributed by atoms with Crippen LogP contribution in [0.4, 0.5) is 5.69 Å². The number of thioether (sulfide) groups is 1. The molecule has 2 aromatic rings. The number of halogens is 1. The average molecular weight is 323 g/mol. The molecule has 0 spiro atoms. The topological polar surface area (TPSA) is 51.0 Å². The van der Waals surface area contributed by atoms with Gasteiger partial charge in [0.15, 0.2) is 5.15 Å². The van der Waals surface area contributed by atoms with Gasteiger partial charge < -0.3 is 4.90 Å². The van der Waals surface area contributed by atoms with Gasteiger partial charge in [-0.2, -0.15) is 5.10 Å². The van der Waals surface area contributed by atoms with Gasteiger partial charge in [-0.3, -0.25) is 9.78 Å². The van der Waals surface area contributed by atoms with Gasteiger partial charge in [0, 0.05) is 18.8 Å². The Bertz CT molecular complexity index is 642. The number of hydrogen-bond acceptors (Lipinski definition) is 4. The normalized spacial score (nSPS) is 11.0. The van der Waals surface area contributed by atoms with Crippen molar-refractivity contribution in [2.75, 3.05) is 17.7 Å². The number of pyridine rings is 1. The second-order valence-electron chi connectivity index (χ2n) is 4.08. The predicted octanol–water partition coefficient (Wildman–Crippen LogP) is 3.15. The van der Waals surface area contributed by atoms with Gasteiger partial charge in [0.1, 0.15) is 5.69 Å². The van der Waals surface area contributed by atoms with Gasteiger partial charge in [0.2, 0.25) is 0 Å². The second-order valence-corrected chi connectivity index (χ2v) is 5.18. The molecule has 0 saturated heterocycles. The number of carbonyl (C=O) groups is 1. The molecule has 21 heavy (non-hydrogen) atoms. The molecular weight excluding hydrogens is 308 g/mol. The van der Waals surface area contributed by atoms with Crippen LogP contribution in [-0.4, -0.2) is 33.5 Å². The molecule has 0 bridgehead atoms. The highest BCUT2D eigenvalue weighted by atomic mass is 35.5. The minimum absolute atomic E-state index is 0.125. The summed E-state index contributed by atoms with van der Waals surface area (Å²) in [6.07, 6.45) is 8.51. The van der Waals surface area contributed by atoms with Crippen LogP contribution in [0.3, 0.4) is 0 Å². The summed E-state index contributed by atoms with van der Waals surface area (Å²) in [5.41, 5.74) is 1.37. The summed E-state index contributed by atoms with van der Waals surface area (Å²) in [6, 6.07) is 3.68. The van der Waals surface area contributed by atoms with Crippen LogP contribution in [0, 0.1) is 0 Å². The zero-order chi connectivity index (χ0) is 15.2. The van der Waals surface area contributed by atoms with Gasteiger partial charge in [0.05, 0.1) is 18.1 Å². The first-order valence-electron chi connectivity index (χ1n) is 6.33. The van der Waals surface area contributed by atoms with E-state index in [2.05, 4.69) is 10.1 Å². The van der Waals surface area contributed by atoms with E-state index in [0.29, 0.717) is 12.2 Å². The Hall–Kier alpha value is -1.79. The fourth-order valence-corrected chi connectivity index (χ4v) is 2.29. The Morgan fingerprint density at radius 3 is 3.00 bits per heavy atom. The van der Waals surface area contributed by atoms with Gasteiger partial charge in [-0.05, 0) is 30.7 Å². The molecule has 7 heteroatoms. The van der Waals surface area contributed by atoms with Crippen LogP contribution >= 0.6 is 23.4 Å². The summed E-state index contributed by atoms with van der Waals surface area (Å²) in [5, 5.41) is 6.26. The molecular formula is C14H15ClN4OS. The predicted molar refractivity (Wildman–Crippen MR) is 87.1 cm³/mol. The minimum atomic E-state index is -0.125. The molecule has 0 aliphatic rings. The summed E-state index contributed by atoms with van der Waals surface area (Å²) < 4.78 is 1.61. The summed E-state index contributed by atoms with van der Waals surface area (Å²) >= 11 is 7.64. The van der Waals surface area contributed by atoms with Crippen molar-refractivity contribution in [3.8, 4) is 5.69 Å². The lowest BCUT2D eigenvalue weighted by atomic mass is 10.4. The number of nitrogens with zero attached hydrogens (tertiary/aromatic N) is 4. The number of anilines is 1. The molecule has 110 valence electrons. The molecule has 2 aromatic heterocycles. The quantitative estimate of drug-likeness (QED) is 0.793. The van der Waals surface area contributed by atoms with Crippen molar-refractivity contribution in [1.29, 1.82) is 0 Å². The third kappa shape index (κ3) is 3.65. The third-order valence-electron chi connectivity index (χ3n) is 2.78. The second kappa shape index (κ2) is 7.28. The maximum absolute atomic E-state index is 12.1. The Balaban J connectivity index is 2.33. The highest BCUT2D eigenvalue weighted by Crippen LogP contribution is 2.26. The number of likely N-dealkylation sites (N-methyl/N-ethyl adjacent to an activating group) is 1. The van der Waals surface area contributed by atoms with E-state index in [1.165, 1.54) is 17.8 Å². The largest absolute Gasteiger partial charge is 0.305 e. The fourth-order valence-electron chi connectivity index (χ4n) is 1.81. The lowest BCUT2D eigenvalue weighted by Crippen LogP contribution is -2.28. The highest BCUT2D eigenvalue weighted by molar-refractivity contribution is 8.01. The zero-order valence-electron chi connectivity index (χ0n) is 11.7. The Labute approximate surface area is 132 Å². The molecule has 0 radical (unpaired) electrons. The van der Waals surface area contributed by atoms with Crippen molar-refractivity contribution >= 4 is 35.0 Å². The van der Waals surface area contributed by atoms with Crippen LogP contribution in [0.25, 0.3) is 5.69 Å². The number of amides is 1. The molecule has 2 rings (SSSR count). The number of rotatable bonds is 5. The Morgan fingerprint density at radius 1 is 1.57 bits per heavy atom. The molecule has 0 aromatic carbocycles. The van der Waals surface area contributed by atoms with E-state index in [1.54, 1.807) is 33.6 Å². The molecule has 0 atom stereocenters. The van der Waals surface area contributed by atoms with Gasteiger partial charge >= 0.3 is 0 Å². The first kappa shape index (κ1) is 15.6. The van der Waals surface area contributed by atoms with E-state index in [-0.39, 0.29) is 11.1 Å². The van der Waals surface area contributed by atoms with Gasteiger partial charge in [-0.15, -0.1) is 11.8 Å². The van der Waals surface area contributed by atoms with Crippen molar-refractivity contribution in [2.24, 2.45) is 0 Å². The third-order valence-corrected chi connectivity index (χ3v) is 3.46. The smallest absolute Gasteiger partial charge is 0.251 e. The summed E-state index contributed by atoms with van der Waals surface area (Å²) in [5.74, 6) is -0.125. The molecule has 0 N–H and O–H groups in total. The van der Waals surface area contributed by atoms with E-state index < -0.39 is 0 Å². The molecule has 0 unspecified atom stereocenters. The Morgan fingerprint density at radius 2 is 2.38 bits per heavy atom. The highest BCUT2D eigenvalue weighted by Gasteiger charge is 2.18. The zero-order valence-corrected chi connectivity index (χ0v) is 13.3. The standard InChI is InChI=1S/C14H15ClN4OS/c1-3-18(13(20)6-8-21-2)12-10-19(17-14(12)15)11-5-4-7-16-9-11/h4-10H,3H2,1-2H3/b8-6-. The molecule has 5 nitrogen and oxygen atoms in total. The van der Waals surface area contributed by atoms with Gasteiger partial charge in [0.25, 0.3) is 5.91 Å². The lowest BCUT2D eigenvalue weighted by molar-refractivity contribution is -0.114. The van der Waals surface area contributed by atoms with Crippen LogP contribution in [0.2, 0.25) is 5.15 Å². The first-order chi connectivity index (χ1) is 10.2. The summed E-state index contributed by atoms with van der Waals surface area (Å²) in [6.45, 7) is 2.40. The first-order valence-corrected chi connectivity index (χ1v) is 8.00. The van der Waals surface area contributed by atoms with Crippen molar-refractivity contribution in [3.05, 3.63) is 47.4 Å². The molecule has 0 aliphatic carbocycles. The Kier molecular flexibility index (Phi) is 5.41. The molecule has 0 saturated carbocycles. The number of carbonyl (C=O) groups excluding carboxylic acids is 1. The van der Waals surface area contributed by atoms with Crippen molar-refractivity contribution < 1.29 is 4.79 Å². The molecule has 0 fully saturated rings. The number of hydrogen-bond donors (Lipinski definition) is 0. The van der Waals surface area contributed by atoms with Crippen LogP contribution in [0.1, 0.15) is 6.92 Å². The maximum Gasteiger partial charge on any atom is 0.251 e. The van der Waals surface area contributed by atoms with Gasteiger partial charge in [-0.25, -0.2) is 4.68 Å². The van der Waals surface area contributed by atoms with Crippen LogP contribution < -0.4 is 4.90 Å². The molecule has 2 heterocycles. The van der Waals surface area contributed by atoms with Crippen molar-refractivity contribution in [1.82, 2.24) is 14.8 Å². The minimum Gasteiger partial charge on any atom is -0.305 e. The van der Waals surface area contributed by atoms with Crippen molar-refractivity contribution in [3.63, 3.8) is 0 Å². The fraction of sp³-hybridized carbons (Fsp3) is 0.214. The number of aromatic nitrogens is 3. The van der Waals surface area contributed by atoms with Crippen LogP contribution in [-0.2, 0) is 4.79 Å². The summed E-state index contributed by atoms with van der Waals surface area (Å²) in [4.78, 5) is 17.8. The monoisotopic (exact) mass is 322 g/mol. The SMILES string of the molecule is CCN(C(=O)/C=C\SC)c1cn(-c2cccnc2)nc1Cl. The van der Waals surface area contributed by atoms with E-state index in [9.17, 15) is 4.79 Å². The van der Waals surface area contributed by atoms with Gasteiger partial charge in [-0.1, -0.05) is 11.6 Å². The molecule has 1 amide bonds. The molecule has 0 aliphatic heterocycles.